The van der Waals surface area contributed by atoms with E-state index in [0.29, 0.717) is 28.4 Å². The Kier molecular flexibility index (Phi) is 7.92. The lowest BCUT2D eigenvalue weighted by molar-refractivity contribution is -0.131. The van der Waals surface area contributed by atoms with Crippen LogP contribution in [0.25, 0.3) is 0 Å². The van der Waals surface area contributed by atoms with Crippen molar-refractivity contribution in [1.82, 2.24) is 4.90 Å². The number of methoxy groups -OCH3 is 5. The maximum atomic E-state index is 14.7. The molecular weight excluding hydrogens is 526 g/mol. The van der Waals surface area contributed by atoms with Crippen molar-refractivity contribution >= 4 is 23.3 Å². The van der Waals surface area contributed by atoms with E-state index in [2.05, 4.69) is 0 Å². The first kappa shape index (κ1) is 27.7. The van der Waals surface area contributed by atoms with Gasteiger partial charge >= 0.3 is 0 Å². The Morgan fingerprint density at radius 2 is 1.54 bits per heavy atom. The minimum atomic E-state index is -1.81. The monoisotopic (exact) mass is 553 g/mol. The molecule has 3 aromatic rings. The second-order valence-corrected chi connectivity index (χ2v) is 9.03. The van der Waals surface area contributed by atoms with Crippen molar-refractivity contribution in [3.63, 3.8) is 0 Å². The number of carbonyl (C=O) groups excluding carboxylic acids is 2. The molecule has 0 bridgehead atoms. The summed E-state index contributed by atoms with van der Waals surface area (Å²) in [5.74, 6) is -0.158. The number of halogens is 1. The molecule has 0 radical (unpaired) electrons. The van der Waals surface area contributed by atoms with Crippen LogP contribution in [0.1, 0.15) is 21.5 Å². The summed E-state index contributed by atoms with van der Waals surface area (Å²) in [6.07, 6.45) is 1.24. The standard InChI is InChI=1S/C29H28ClNO8/c1-35-19-8-6-7-17(11-19)16-31-28(34)22(32)15-29(31,18-9-10-23(36-2)26(12-18)39-5)27(33)20-13-25(38-4)21(30)14-24(20)37-3/h6-15,32H,16H2,1-5H3. The van der Waals surface area contributed by atoms with Crippen LogP contribution in [-0.2, 0) is 16.9 Å². The number of hydrogen-bond acceptors (Lipinski definition) is 8. The van der Waals surface area contributed by atoms with Gasteiger partial charge in [0.05, 0.1) is 46.1 Å². The maximum absolute atomic E-state index is 14.7. The van der Waals surface area contributed by atoms with E-state index in [-0.39, 0.29) is 28.6 Å². The molecule has 0 saturated carbocycles. The van der Waals surface area contributed by atoms with Gasteiger partial charge in [-0.25, -0.2) is 0 Å². The Morgan fingerprint density at radius 1 is 0.846 bits per heavy atom. The normalized spacial score (nSPS) is 16.5. The van der Waals surface area contributed by atoms with Crippen LogP contribution in [0.15, 0.2) is 66.4 Å². The molecule has 0 aliphatic carbocycles. The lowest BCUT2D eigenvalue weighted by Crippen LogP contribution is -2.49. The van der Waals surface area contributed by atoms with Gasteiger partial charge in [0.1, 0.15) is 17.2 Å². The van der Waals surface area contributed by atoms with Crippen molar-refractivity contribution in [2.75, 3.05) is 35.5 Å². The molecule has 204 valence electrons. The molecule has 1 amide bonds. The average molecular weight is 554 g/mol. The summed E-state index contributed by atoms with van der Waals surface area (Å²) in [6, 6.07) is 14.8. The molecule has 0 saturated heterocycles. The number of aliphatic hydroxyl groups excluding tert-OH is 1. The predicted molar refractivity (Wildman–Crippen MR) is 144 cm³/mol. The Labute approximate surface area is 231 Å². The minimum absolute atomic E-state index is 0.0380. The second kappa shape index (κ2) is 11.2. The fraction of sp³-hybridized carbons (Fsp3) is 0.241. The van der Waals surface area contributed by atoms with Crippen LogP contribution in [0.2, 0.25) is 5.02 Å². The molecule has 0 spiro atoms. The third kappa shape index (κ3) is 4.81. The molecule has 39 heavy (non-hydrogen) atoms. The molecule has 1 heterocycles. The molecule has 3 aromatic carbocycles. The highest BCUT2D eigenvalue weighted by molar-refractivity contribution is 6.32. The van der Waals surface area contributed by atoms with Gasteiger partial charge in [-0.3, -0.25) is 9.59 Å². The van der Waals surface area contributed by atoms with Crippen molar-refractivity contribution in [2.24, 2.45) is 0 Å². The second-order valence-electron chi connectivity index (χ2n) is 8.62. The Bertz CT molecular complexity index is 1450. The Hall–Kier alpha value is -4.37. The number of ether oxygens (including phenoxy) is 5. The number of carbonyl (C=O) groups is 2. The summed E-state index contributed by atoms with van der Waals surface area (Å²) in [5.41, 5.74) is -0.705. The first-order valence-electron chi connectivity index (χ1n) is 11.8. The molecule has 1 aliphatic rings. The van der Waals surface area contributed by atoms with E-state index in [1.165, 1.54) is 58.7 Å². The first-order chi connectivity index (χ1) is 18.7. The van der Waals surface area contributed by atoms with Crippen molar-refractivity contribution in [2.45, 2.75) is 12.1 Å². The van der Waals surface area contributed by atoms with Crippen LogP contribution in [0, 0.1) is 0 Å². The number of aliphatic hydroxyl groups is 1. The van der Waals surface area contributed by atoms with Crippen molar-refractivity contribution in [3.05, 3.63) is 88.1 Å². The minimum Gasteiger partial charge on any atom is -0.503 e. The third-order valence-electron chi connectivity index (χ3n) is 6.60. The van der Waals surface area contributed by atoms with Gasteiger partial charge in [-0.1, -0.05) is 29.8 Å². The smallest absolute Gasteiger partial charge is 0.290 e. The third-order valence-corrected chi connectivity index (χ3v) is 6.89. The van der Waals surface area contributed by atoms with Gasteiger partial charge in [0.2, 0.25) is 5.78 Å². The lowest BCUT2D eigenvalue weighted by Gasteiger charge is -2.37. The molecule has 0 aromatic heterocycles. The first-order valence-corrected chi connectivity index (χ1v) is 12.2. The van der Waals surface area contributed by atoms with Crippen LogP contribution in [0.4, 0.5) is 0 Å². The number of benzene rings is 3. The topological polar surface area (TPSA) is 104 Å². The molecule has 1 atom stereocenters. The molecule has 9 nitrogen and oxygen atoms in total. The fourth-order valence-corrected chi connectivity index (χ4v) is 4.89. The van der Waals surface area contributed by atoms with E-state index in [0.717, 1.165) is 0 Å². The number of Topliss-reactive ketones (excluding diaryl/α,β-unsaturated/α-hetero) is 1. The van der Waals surface area contributed by atoms with E-state index in [1.807, 2.05) is 0 Å². The van der Waals surface area contributed by atoms with E-state index in [1.54, 1.807) is 42.5 Å². The van der Waals surface area contributed by atoms with E-state index in [9.17, 15) is 14.7 Å². The molecule has 1 unspecified atom stereocenters. The van der Waals surface area contributed by atoms with Gasteiger partial charge in [0.25, 0.3) is 5.91 Å². The van der Waals surface area contributed by atoms with E-state index < -0.39 is 23.0 Å². The maximum Gasteiger partial charge on any atom is 0.290 e. The lowest BCUT2D eigenvalue weighted by atomic mass is 9.81. The zero-order valence-electron chi connectivity index (χ0n) is 22.1. The molecule has 4 rings (SSSR count). The molecule has 0 fully saturated rings. The Balaban J connectivity index is 2.00. The van der Waals surface area contributed by atoms with Gasteiger partial charge in [-0.15, -0.1) is 0 Å². The summed E-state index contributed by atoms with van der Waals surface area (Å²) in [5, 5.41) is 11.0. The summed E-state index contributed by atoms with van der Waals surface area (Å²) in [6.45, 7) is -0.0380. The van der Waals surface area contributed by atoms with Gasteiger partial charge in [0, 0.05) is 18.7 Å². The largest absolute Gasteiger partial charge is 0.503 e. The highest BCUT2D eigenvalue weighted by atomic mass is 35.5. The number of nitrogens with zero attached hydrogens (tertiary/aromatic N) is 1. The number of rotatable bonds is 10. The molecule has 1 aliphatic heterocycles. The van der Waals surface area contributed by atoms with E-state index >= 15 is 0 Å². The van der Waals surface area contributed by atoms with Gasteiger partial charge in [-0.05, 0) is 41.5 Å². The molecular formula is C29H28ClNO8. The van der Waals surface area contributed by atoms with Crippen LogP contribution in [-0.4, -0.2) is 57.2 Å². The number of amides is 1. The van der Waals surface area contributed by atoms with Crippen molar-refractivity contribution < 1.29 is 38.4 Å². The zero-order valence-corrected chi connectivity index (χ0v) is 22.9. The van der Waals surface area contributed by atoms with Crippen LogP contribution in [0.3, 0.4) is 0 Å². The quantitative estimate of drug-likeness (QED) is 0.352. The van der Waals surface area contributed by atoms with E-state index in [4.69, 9.17) is 35.3 Å². The summed E-state index contributed by atoms with van der Waals surface area (Å²) in [7, 11) is 7.31. The average Bonchev–Trinajstić information content (AvgIpc) is 3.21. The SMILES string of the molecule is COc1cccc(CN2C(=O)C(O)=CC2(C(=O)c2cc(OC)c(Cl)cc2OC)c2ccc(OC)c(OC)c2)c1. The van der Waals surface area contributed by atoms with Crippen LogP contribution >= 0.6 is 11.6 Å². The van der Waals surface area contributed by atoms with Crippen LogP contribution in [0.5, 0.6) is 28.7 Å². The predicted octanol–water partition coefficient (Wildman–Crippen LogP) is 4.95. The molecule has 1 N–H and O–H groups in total. The number of ketones is 1. The van der Waals surface area contributed by atoms with Crippen molar-refractivity contribution in [3.8, 4) is 28.7 Å². The van der Waals surface area contributed by atoms with Crippen LogP contribution < -0.4 is 23.7 Å². The van der Waals surface area contributed by atoms with Gasteiger partial charge < -0.3 is 33.7 Å². The van der Waals surface area contributed by atoms with Gasteiger partial charge in [0.15, 0.2) is 22.8 Å². The summed E-state index contributed by atoms with van der Waals surface area (Å²) >= 11 is 6.31. The summed E-state index contributed by atoms with van der Waals surface area (Å²) < 4.78 is 27.1. The highest BCUT2D eigenvalue weighted by Crippen LogP contribution is 2.46. The summed E-state index contributed by atoms with van der Waals surface area (Å²) in [4.78, 5) is 29.5. The van der Waals surface area contributed by atoms with Gasteiger partial charge in [-0.2, -0.15) is 0 Å². The van der Waals surface area contributed by atoms with Crippen molar-refractivity contribution in [1.29, 1.82) is 0 Å². The highest BCUT2D eigenvalue weighted by Gasteiger charge is 2.53. The molecule has 10 heteroatoms. The fourth-order valence-electron chi connectivity index (χ4n) is 4.66. The zero-order chi connectivity index (χ0) is 28.3. The Morgan fingerprint density at radius 3 is 2.18 bits per heavy atom. The number of hydrogen-bond donors (Lipinski definition) is 1.